The Hall–Kier alpha value is -1.60. The molecule has 1 atom stereocenters. The minimum Gasteiger partial charge on any atom is -0.294 e. The monoisotopic (exact) mass is 270 g/mol. The maximum absolute atomic E-state index is 12.2. The van der Waals surface area contributed by atoms with E-state index in [2.05, 4.69) is 13.0 Å². The fourth-order valence-corrected chi connectivity index (χ4v) is 3.18. The lowest BCUT2D eigenvalue weighted by Gasteiger charge is -2.14. The number of ketones is 1. The van der Waals surface area contributed by atoms with Gasteiger partial charge in [-0.1, -0.05) is 35.4 Å². The molecule has 1 nitrogen and oxygen atoms in total. The maximum Gasteiger partial charge on any atom is 0.164 e. The Morgan fingerprint density at radius 1 is 1.11 bits per heavy atom. The molecule has 0 heterocycles. The first-order valence-electron chi connectivity index (χ1n) is 6.46. The van der Waals surface area contributed by atoms with Crippen LogP contribution in [0, 0.1) is 13.8 Å². The lowest BCUT2D eigenvalue weighted by molar-refractivity contribution is 0.0991. The Kier molecular flexibility index (Phi) is 2.94. The summed E-state index contributed by atoms with van der Waals surface area (Å²) in [6.07, 6.45) is 0.571. The van der Waals surface area contributed by atoms with Crippen molar-refractivity contribution in [2.75, 3.05) is 0 Å². The van der Waals surface area contributed by atoms with Gasteiger partial charge >= 0.3 is 0 Å². The zero-order valence-electron chi connectivity index (χ0n) is 11.0. The second-order valence-corrected chi connectivity index (χ2v) is 5.71. The van der Waals surface area contributed by atoms with Gasteiger partial charge in [0.05, 0.1) is 0 Å². The van der Waals surface area contributed by atoms with Gasteiger partial charge in [-0.25, -0.2) is 0 Å². The molecule has 0 aromatic heterocycles. The summed E-state index contributed by atoms with van der Waals surface area (Å²) < 4.78 is 0. The third-order valence-electron chi connectivity index (χ3n) is 3.84. The van der Waals surface area contributed by atoms with Crippen LogP contribution in [0.2, 0.25) is 5.02 Å². The van der Waals surface area contributed by atoms with E-state index in [9.17, 15) is 4.79 Å². The Morgan fingerprint density at radius 3 is 2.47 bits per heavy atom. The molecule has 19 heavy (non-hydrogen) atoms. The molecule has 0 fully saturated rings. The molecule has 2 aromatic carbocycles. The van der Waals surface area contributed by atoms with E-state index >= 15 is 0 Å². The Labute approximate surface area is 118 Å². The topological polar surface area (TPSA) is 17.1 Å². The van der Waals surface area contributed by atoms with Crippen LogP contribution >= 0.6 is 11.6 Å². The van der Waals surface area contributed by atoms with Crippen LogP contribution in [0.3, 0.4) is 0 Å². The van der Waals surface area contributed by atoms with E-state index in [4.69, 9.17) is 11.6 Å². The molecule has 1 aliphatic carbocycles. The van der Waals surface area contributed by atoms with Gasteiger partial charge < -0.3 is 0 Å². The molecule has 0 amide bonds. The molecule has 0 radical (unpaired) electrons. The number of carbonyl (C=O) groups is 1. The van der Waals surface area contributed by atoms with E-state index in [0.717, 1.165) is 16.1 Å². The van der Waals surface area contributed by atoms with Crippen molar-refractivity contribution in [1.29, 1.82) is 0 Å². The average molecular weight is 271 g/mol. The smallest absolute Gasteiger partial charge is 0.164 e. The molecule has 0 bridgehead atoms. The summed E-state index contributed by atoms with van der Waals surface area (Å²) in [5.41, 5.74) is 5.63. The number of rotatable bonds is 1. The van der Waals surface area contributed by atoms with Crippen molar-refractivity contribution < 1.29 is 4.79 Å². The van der Waals surface area contributed by atoms with Gasteiger partial charge in [-0.2, -0.15) is 0 Å². The van der Waals surface area contributed by atoms with E-state index in [1.165, 1.54) is 16.7 Å². The summed E-state index contributed by atoms with van der Waals surface area (Å²) in [6.45, 7) is 4.13. The van der Waals surface area contributed by atoms with Crippen molar-refractivity contribution in [2.45, 2.75) is 26.2 Å². The molecule has 0 N–H and O–H groups in total. The minimum absolute atomic E-state index is 0.181. The summed E-state index contributed by atoms with van der Waals surface area (Å²) in [5, 5.41) is 0.730. The zero-order valence-corrected chi connectivity index (χ0v) is 11.8. The summed E-state index contributed by atoms with van der Waals surface area (Å²) >= 11 is 5.93. The number of aryl methyl sites for hydroxylation is 2. The fraction of sp³-hybridized carbons (Fsp3) is 0.235. The maximum atomic E-state index is 12.2. The second-order valence-electron chi connectivity index (χ2n) is 5.27. The number of hydrogen-bond acceptors (Lipinski definition) is 1. The van der Waals surface area contributed by atoms with Gasteiger partial charge in [0.2, 0.25) is 0 Å². The van der Waals surface area contributed by atoms with Crippen LogP contribution in [-0.2, 0) is 0 Å². The number of benzene rings is 2. The van der Waals surface area contributed by atoms with Gasteiger partial charge in [0.25, 0.3) is 0 Å². The molecule has 0 saturated heterocycles. The van der Waals surface area contributed by atoms with Crippen LogP contribution in [-0.4, -0.2) is 5.78 Å². The highest BCUT2D eigenvalue weighted by Crippen LogP contribution is 2.40. The lowest BCUT2D eigenvalue weighted by atomic mass is 9.89. The molecule has 3 rings (SSSR count). The first-order chi connectivity index (χ1) is 9.06. The van der Waals surface area contributed by atoms with E-state index in [1.54, 1.807) is 0 Å². The highest BCUT2D eigenvalue weighted by Gasteiger charge is 2.31. The summed E-state index contributed by atoms with van der Waals surface area (Å²) in [5.74, 6) is 0.433. The van der Waals surface area contributed by atoms with Crippen molar-refractivity contribution in [3.05, 3.63) is 69.2 Å². The van der Waals surface area contributed by atoms with Crippen molar-refractivity contribution >= 4 is 17.4 Å². The van der Waals surface area contributed by atoms with Crippen LogP contribution in [0.25, 0.3) is 0 Å². The first kappa shape index (κ1) is 12.4. The number of halogens is 1. The third kappa shape index (κ3) is 2.08. The molecule has 0 saturated carbocycles. The van der Waals surface area contributed by atoms with Gasteiger partial charge in [0.15, 0.2) is 5.78 Å². The molecule has 0 spiro atoms. The Morgan fingerprint density at radius 2 is 1.79 bits per heavy atom. The predicted octanol–water partition coefficient (Wildman–Crippen LogP) is 4.68. The van der Waals surface area contributed by atoms with Crippen molar-refractivity contribution in [3.8, 4) is 0 Å². The highest BCUT2D eigenvalue weighted by molar-refractivity contribution is 6.30. The molecule has 96 valence electrons. The van der Waals surface area contributed by atoms with Gasteiger partial charge in [-0.15, -0.1) is 0 Å². The minimum atomic E-state index is 0.181. The normalized spacial score (nSPS) is 17.6. The standard InChI is InChI=1S/C17H15ClO/c1-10-7-11(2)17-14(9-16(19)15(17)8-10)12-3-5-13(18)6-4-12/h3-8,14H,9H2,1-2H3. The van der Waals surface area contributed by atoms with Crippen molar-refractivity contribution in [2.24, 2.45) is 0 Å². The average Bonchev–Trinajstić information content (AvgIpc) is 2.68. The zero-order chi connectivity index (χ0) is 13.6. The second kappa shape index (κ2) is 4.50. The molecule has 2 heteroatoms. The molecule has 2 aromatic rings. The van der Waals surface area contributed by atoms with E-state index < -0.39 is 0 Å². The van der Waals surface area contributed by atoms with Gasteiger partial charge in [-0.3, -0.25) is 4.79 Å². The molecule has 1 unspecified atom stereocenters. The van der Waals surface area contributed by atoms with Gasteiger partial charge in [0, 0.05) is 22.9 Å². The van der Waals surface area contributed by atoms with Gasteiger partial charge in [0.1, 0.15) is 0 Å². The quantitative estimate of drug-likeness (QED) is 0.736. The number of fused-ring (bicyclic) bond motifs is 1. The summed E-state index contributed by atoms with van der Waals surface area (Å²) in [4.78, 5) is 12.2. The lowest BCUT2D eigenvalue weighted by Crippen LogP contribution is -1.99. The van der Waals surface area contributed by atoms with Gasteiger partial charge in [-0.05, 0) is 48.7 Å². The molecule has 0 aliphatic heterocycles. The SMILES string of the molecule is Cc1cc(C)c2c(c1)C(=O)CC2c1ccc(Cl)cc1. The summed E-state index contributed by atoms with van der Waals surface area (Å²) in [7, 11) is 0. The fourth-order valence-electron chi connectivity index (χ4n) is 3.05. The molecule has 1 aliphatic rings. The van der Waals surface area contributed by atoms with Crippen LogP contribution in [0.1, 0.15) is 45.0 Å². The Balaban J connectivity index is 2.14. The summed E-state index contributed by atoms with van der Waals surface area (Å²) in [6, 6.07) is 12.0. The van der Waals surface area contributed by atoms with E-state index in [-0.39, 0.29) is 11.7 Å². The van der Waals surface area contributed by atoms with E-state index in [0.29, 0.717) is 6.42 Å². The van der Waals surface area contributed by atoms with Crippen molar-refractivity contribution in [1.82, 2.24) is 0 Å². The molecular weight excluding hydrogens is 256 g/mol. The first-order valence-corrected chi connectivity index (χ1v) is 6.84. The van der Waals surface area contributed by atoms with Crippen LogP contribution < -0.4 is 0 Å². The van der Waals surface area contributed by atoms with Crippen LogP contribution in [0.15, 0.2) is 36.4 Å². The van der Waals surface area contributed by atoms with Crippen molar-refractivity contribution in [3.63, 3.8) is 0 Å². The van der Waals surface area contributed by atoms with Crippen LogP contribution in [0.4, 0.5) is 0 Å². The number of hydrogen-bond donors (Lipinski definition) is 0. The molecular formula is C17H15ClO. The largest absolute Gasteiger partial charge is 0.294 e. The third-order valence-corrected chi connectivity index (χ3v) is 4.09. The Bertz CT molecular complexity index is 656. The number of Topliss-reactive ketones (excluding diaryl/α,β-unsaturated/α-hetero) is 1. The van der Waals surface area contributed by atoms with E-state index in [1.807, 2.05) is 37.3 Å². The number of carbonyl (C=O) groups excluding carboxylic acids is 1. The predicted molar refractivity (Wildman–Crippen MR) is 78.2 cm³/mol. The highest BCUT2D eigenvalue weighted by atomic mass is 35.5. The van der Waals surface area contributed by atoms with Crippen LogP contribution in [0.5, 0.6) is 0 Å².